The van der Waals surface area contributed by atoms with Crippen molar-refractivity contribution in [3.8, 4) is 0 Å². The summed E-state index contributed by atoms with van der Waals surface area (Å²) < 4.78 is 0. The van der Waals surface area contributed by atoms with Gasteiger partial charge in [0.15, 0.2) is 0 Å². The van der Waals surface area contributed by atoms with E-state index >= 15 is 0 Å². The van der Waals surface area contributed by atoms with E-state index in [9.17, 15) is 9.90 Å². The van der Waals surface area contributed by atoms with E-state index in [-0.39, 0.29) is 11.8 Å². The fourth-order valence-corrected chi connectivity index (χ4v) is 1.70. The minimum Gasteiger partial charge on any atom is -0.389 e. The number of amides is 1. The van der Waals surface area contributed by atoms with Crippen LogP contribution in [-0.2, 0) is 4.79 Å². The van der Waals surface area contributed by atoms with Crippen LogP contribution >= 0.6 is 0 Å². The minimum atomic E-state index is -0.512. The molecule has 5 heteroatoms. The van der Waals surface area contributed by atoms with E-state index in [1.54, 1.807) is 20.2 Å². The lowest BCUT2D eigenvalue weighted by atomic mass is 10.1. The molecule has 0 saturated heterocycles. The maximum Gasteiger partial charge on any atom is 0.224 e. The van der Waals surface area contributed by atoms with Crippen LogP contribution in [0.1, 0.15) is 25.5 Å². The van der Waals surface area contributed by atoms with Crippen LogP contribution in [0.3, 0.4) is 0 Å². The van der Waals surface area contributed by atoms with E-state index in [4.69, 9.17) is 0 Å². The molecular weight excluding hydrogens is 230 g/mol. The molecule has 2 atom stereocenters. The summed E-state index contributed by atoms with van der Waals surface area (Å²) in [5.41, 5.74) is 0.784. The van der Waals surface area contributed by atoms with E-state index in [0.717, 1.165) is 11.4 Å². The van der Waals surface area contributed by atoms with Crippen LogP contribution in [0.25, 0.3) is 0 Å². The molecule has 2 N–H and O–H groups in total. The number of nitrogens with zero attached hydrogens (tertiary/aromatic N) is 2. The predicted octanol–water partition coefficient (Wildman–Crippen LogP) is 0.953. The number of hydrogen-bond acceptors (Lipinski definition) is 4. The summed E-state index contributed by atoms with van der Waals surface area (Å²) >= 11 is 0. The van der Waals surface area contributed by atoms with Gasteiger partial charge < -0.3 is 15.3 Å². The molecule has 0 aliphatic rings. The van der Waals surface area contributed by atoms with Crippen LogP contribution in [0.15, 0.2) is 18.3 Å². The molecule has 0 radical (unpaired) electrons. The first-order valence-corrected chi connectivity index (χ1v) is 6.02. The number of pyridine rings is 1. The van der Waals surface area contributed by atoms with Gasteiger partial charge in [0.05, 0.1) is 12.0 Å². The third-order valence-corrected chi connectivity index (χ3v) is 2.89. The number of nitrogens with one attached hydrogen (secondary N) is 1. The maximum atomic E-state index is 11.4. The quantitative estimate of drug-likeness (QED) is 0.818. The number of aromatic nitrogens is 1. The van der Waals surface area contributed by atoms with Gasteiger partial charge in [0.1, 0.15) is 5.82 Å². The molecule has 0 aromatic carbocycles. The van der Waals surface area contributed by atoms with Crippen molar-refractivity contribution in [2.45, 2.75) is 20.0 Å². The average molecular weight is 251 g/mol. The summed E-state index contributed by atoms with van der Waals surface area (Å²) in [4.78, 5) is 17.6. The van der Waals surface area contributed by atoms with Crippen molar-refractivity contribution < 1.29 is 9.90 Å². The van der Waals surface area contributed by atoms with Gasteiger partial charge in [-0.2, -0.15) is 0 Å². The Bertz CT molecular complexity index is 390. The van der Waals surface area contributed by atoms with Crippen molar-refractivity contribution in [3.05, 3.63) is 23.9 Å². The molecule has 0 fully saturated rings. The van der Waals surface area contributed by atoms with Gasteiger partial charge >= 0.3 is 0 Å². The minimum absolute atomic E-state index is 0.0162. The SMILES string of the molecule is CNC(=O)C(C)CN(C)c1ccc(C(C)O)cn1. The van der Waals surface area contributed by atoms with E-state index in [0.29, 0.717) is 6.54 Å². The molecule has 1 rings (SSSR count). The summed E-state index contributed by atoms with van der Waals surface area (Å²) in [5, 5.41) is 12.0. The number of carbonyl (C=O) groups excluding carboxylic acids is 1. The summed E-state index contributed by atoms with van der Waals surface area (Å²) in [6.45, 7) is 4.17. The first-order valence-electron chi connectivity index (χ1n) is 6.02. The number of hydrogen-bond donors (Lipinski definition) is 2. The van der Waals surface area contributed by atoms with Crippen molar-refractivity contribution in [3.63, 3.8) is 0 Å². The fourth-order valence-electron chi connectivity index (χ4n) is 1.70. The Morgan fingerprint density at radius 1 is 1.50 bits per heavy atom. The highest BCUT2D eigenvalue weighted by Gasteiger charge is 2.14. The molecule has 0 aliphatic carbocycles. The Morgan fingerprint density at radius 2 is 2.17 bits per heavy atom. The molecule has 1 aromatic heterocycles. The molecule has 1 aromatic rings. The van der Waals surface area contributed by atoms with Gasteiger partial charge in [-0.05, 0) is 18.6 Å². The smallest absolute Gasteiger partial charge is 0.224 e. The van der Waals surface area contributed by atoms with E-state index in [1.807, 2.05) is 31.0 Å². The molecule has 1 amide bonds. The molecule has 2 unspecified atom stereocenters. The Balaban J connectivity index is 2.67. The van der Waals surface area contributed by atoms with Crippen molar-refractivity contribution in [1.82, 2.24) is 10.3 Å². The molecule has 5 nitrogen and oxygen atoms in total. The van der Waals surface area contributed by atoms with Crippen LogP contribution in [-0.4, -0.2) is 36.6 Å². The highest BCUT2D eigenvalue weighted by molar-refractivity contribution is 5.78. The van der Waals surface area contributed by atoms with E-state index in [2.05, 4.69) is 10.3 Å². The Hall–Kier alpha value is -1.62. The van der Waals surface area contributed by atoms with Crippen molar-refractivity contribution in [2.24, 2.45) is 5.92 Å². The number of anilines is 1. The Morgan fingerprint density at radius 3 is 2.61 bits per heavy atom. The summed E-state index contributed by atoms with van der Waals surface area (Å²) in [6, 6.07) is 3.69. The van der Waals surface area contributed by atoms with Gasteiger partial charge in [-0.3, -0.25) is 4.79 Å². The molecule has 1 heterocycles. The molecular formula is C13H21N3O2. The second-order valence-corrected chi connectivity index (χ2v) is 4.52. The monoisotopic (exact) mass is 251 g/mol. The number of aliphatic hydroxyl groups excluding tert-OH is 1. The predicted molar refractivity (Wildman–Crippen MR) is 71.4 cm³/mol. The first-order chi connectivity index (χ1) is 8.45. The van der Waals surface area contributed by atoms with Gasteiger partial charge in [0.25, 0.3) is 0 Å². The van der Waals surface area contributed by atoms with E-state index < -0.39 is 6.10 Å². The molecule has 0 saturated carbocycles. The van der Waals surface area contributed by atoms with Gasteiger partial charge in [0, 0.05) is 26.8 Å². The third kappa shape index (κ3) is 3.70. The number of rotatable bonds is 5. The zero-order chi connectivity index (χ0) is 13.7. The molecule has 0 bridgehead atoms. The van der Waals surface area contributed by atoms with Gasteiger partial charge in [-0.15, -0.1) is 0 Å². The standard InChI is InChI=1S/C13H21N3O2/c1-9(13(18)14-3)8-16(4)12-6-5-11(7-15-12)10(2)17/h5-7,9-10,17H,8H2,1-4H3,(H,14,18). The lowest BCUT2D eigenvalue weighted by Gasteiger charge is -2.21. The average Bonchev–Trinajstić information content (AvgIpc) is 2.37. The van der Waals surface area contributed by atoms with Crippen molar-refractivity contribution >= 4 is 11.7 Å². The highest BCUT2D eigenvalue weighted by Crippen LogP contribution is 2.15. The van der Waals surface area contributed by atoms with Gasteiger partial charge in [-0.25, -0.2) is 4.98 Å². The lowest BCUT2D eigenvalue weighted by Crippen LogP contribution is -2.34. The zero-order valence-corrected chi connectivity index (χ0v) is 11.3. The van der Waals surface area contributed by atoms with Crippen molar-refractivity contribution in [2.75, 3.05) is 25.5 Å². The second-order valence-electron chi connectivity index (χ2n) is 4.52. The number of carbonyl (C=O) groups is 1. The second kappa shape index (κ2) is 6.35. The summed E-state index contributed by atoms with van der Waals surface area (Å²) in [5.74, 6) is 0.704. The molecule has 0 aliphatic heterocycles. The topological polar surface area (TPSA) is 65.5 Å². The highest BCUT2D eigenvalue weighted by atomic mass is 16.3. The van der Waals surface area contributed by atoms with Crippen LogP contribution in [0.2, 0.25) is 0 Å². The lowest BCUT2D eigenvalue weighted by molar-refractivity contribution is -0.123. The maximum absolute atomic E-state index is 11.4. The Kier molecular flexibility index (Phi) is 5.09. The summed E-state index contributed by atoms with van der Waals surface area (Å²) in [7, 11) is 3.53. The summed E-state index contributed by atoms with van der Waals surface area (Å²) in [6.07, 6.45) is 1.14. The largest absolute Gasteiger partial charge is 0.389 e. The van der Waals surface area contributed by atoms with Crippen molar-refractivity contribution in [1.29, 1.82) is 0 Å². The number of aliphatic hydroxyl groups is 1. The molecule has 0 spiro atoms. The van der Waals surface area contributed by atoms with Crippen LogP contribution in [0.4, 0.5) is 5.82 Å². The van der Waals surface area contributed by atoms with Crippen LogP contribution in [0, 0.1) is 5.92 Å². The third-order valence-electron chi connectivity index (χ3n) is 2.89. The first kappa shape index (κ1) is 14.4. The fraction of sp³-hybridized carbons (Fsp3) is 0.538. The van der Waals surface area contributed by atoms with E-state index in [1.165, 1.54) is 0 Å². The van der Waals surface area contributed by atoms with Gasteiger partial charge in [0.2, 0.25) is 5.91 Å². The zero-order valence-electron chi connectivity index (χ0n) is 11.3. The Labute approximate surface area is 108 Å². The molecule has 100 valence electrons. The van der Waals surface area contributed by atoms with Gasteiger partial charge in [-0.1, -0.05) is 13.0 Å². The molecule has 18 heavy (non-hydrogen) atoms. The van der Waals surface area contributed by atoms with Crippen LogP contribution < -0.4 is 10.2 Å². The van der Waals surface area contributed by atoms with Crippen LogP contribution in [0.5, 0.6) is 0 Å². The normalized spacial score (nSPS) is 13.8.